The van der Waals surface area contributed by atoms with Gasteiger partial charge in [0.2, 0.25) is 5.91 Å². The van der Waals surface area contributed by atoms with Gasteiger partial charge in [0, 0.05) is 19.9 Å². The molecule has 0 bridgehead atoms. The maximum Gasteiger partial charge on any atom is 0.262 e. The predicted molar refractivity (Wildman–Crippen MR) is 122 cm³/mol. The second-order valence-electron chi connectivity index (χ2n) is 9.13. The van der Waals surface area contributed by atoms with E-state index in [2.05, 4.69) is 5.10 Å². The monoisotopic (exact) mass is 421 g/mol. The van der Waals surface area contributed by atoms with Gasteiger partial charge in [-0.15, -0.1) is 0 Å². The Morgan fingerprint density at radius 3 is 2.32 bits per heavy atom. The number of carbonyl (C=O) groups is 2. The smallest absolute Gasteiger partial charge is 0.262 e. The third-order valence-corrected chi connectivity index (χ3v) is 5.25. The highest BCUT2D eigenvalue weighted by Gasteiger charge is 2.34. The van der Waals surface area contributed by atoms with Gasteiger partial charge in [-0.1, -0.05) is 51.1 Å². The molecule has 0 fully saturated rings. The highest BCUT2D eigenvalue weighted by molar-refractivity contribution is 6.03. The van der Waals surface area contributed by atoms with Crippen LogP contribution in [-0.2, 0) is 9.59 Å². The molecule has 0 radical (unpaired) electrons. The lowest BCUT2D eigenvalue weighted by Gasteiger charge is -2.26. The molecule has 1 aliphatic rings. The van der Waals surface area contributed by atoms with Crippen molar-refractivity contribution in [3.63, 3.8) is 0 Å². The summed E-state index contributed by atoms with van der Waals surface area (Å²) in [6, 6.07) is 17.4. The van der Waals surface area contributed by atoms with Crippen LogP contribution >= 0.6 is 0 Å². The largest absolute Gasteiger partial charge is 0.497 e. The van der Waals surface area contributed by atoms with E-state index < -0.39 is 0 Å². The van der Waals surface area contributed by atoms with Crippen molar-refractivity contribution in [3.05, 3.63) is 65.7 Å². The van der Waals surface area contributed by atoms with E-state index in [1.807, 2.05) is 75.4 Å². The summed E-state index contributed by atoms with van der Waals surface area (Å²) in [6.45, 7) is 6.03. The Kier molecular flexibility index (Phi) is 6.78. The molecule has 1 unspecified atom stereocenters. The van der Waals surface area contributed by atoms with Crippen LogP contribution in [0.25, 0.3) is 0 Å². The van der Waals surface area contributed by atoms with Gasteiger partial charge in [0.15, 0.2) is 0 Å². The van der Waals surface area contributed by atoms with Gasteiger partial charge in [0.05, 0.1) is 18.9 Å². The van der Waals surface area contributed by atoms with E-state index in [4.69, 9.17) is 4.74 Å². The predicted octanol–water partition coefficient (Wildman–Crippen LogP) is 4.27. The van der Waals surface area contributed by atoms with Crippen LogP contribution in [0.1, 0.15) is 50.8 Å². The Morgan fingerprint density at radius 2 is 1.74 bits per heavy atom. The Labute approximate surface area is 184 Å². The van der Waals surface area contributed by atoms with E-state index in [9.17, 15) is 9.59 Å². The van der Waals surface area contributed by atoms with Gasteiger partial charge in [-0.3, -0.25) is 9.59 Å². The van der Waals surface area contributed by atoms with Gasteiger partial charge in [-0.05, 0) is 40.8 Å². The Hall–Kier alpha value is -3.15. The number of hydrogen-bond donors (Lipinski definition) is 0. The van der Waals surface area contributed by atoms with Crippen LogP contribution in [0.3, 0.4) is 0 Å². The zero-order valence-corrected chi connectivity index (χ0v) is 19.0. The molecule has 2 aromatic rings. The molecular weight excluding hydrogens is 390 g/mol. The summed E-state index contributed by atoms with van der Waals surface area (Å²) in [6.07, 6.45) is 1.00. The Bertz CT molecular complexity index is 946. The second-order valence-corrected chi connectivity index (χ2v) is 9.13. The number of methoxy groups -OCH3 is 1. The standard InChI is InChI=1S/C25H31N3O3/c1-25(2,3)16-23(29)27(4)17-24(30)28-22(19-9-7-6-8-10-19)15-21(26-28)18-11-13-20(31-5)14-12-18/h6-14,22H,15-17H2,1-5H3. The fourth-order valence-corrected chi connectivity index (χ4v) is 3.59. The van der Waals surface area contributed by atoms with E-state index in [1.54, 1.807) is 14.2 Å². The molecule has 1 aliphatic heterocycles. The normalized spacial score (nSPS) is 16.1. The number of hydrazone groups is 1. The minimum absolute atomic E-state index is 0.00234. The maximum absolute atomic E-state index is 13.2. The number of carbonyl (C=O) groups excluding carboxylic acids is 2. The minimum atomic E-state index is -0.197. The van der Waals surface area contributed by atoms with Crippen LogP contribution in [0, 0.1) is 5.41 Å². The van der Waals surface area contributed by atoms with Crippen molar-refractivity contribution < 1.29 is 14.3 Å². The average molecular weight is 422 g/mol. The van der Waals surface area contributed by atoms with Crippen molar-refractivity contribution >= 4 is 17.5 Å². The topological polar surface area (TPSA) is 62.2 Å². The fourth-order valence-electron chi connectivity index (χ4n) is 3.59. The summed E-state index contributed by atoms with van der Waals surface area (Å²) in [7, 11) is 3.30. The van der Waals surface area contributed by atoms with Crippen molar-refractivity contribution in [2.45, 2.75) is 39.7 Å². The number of rotatable bonds is 6. The molecular formula is C25H31N3O3. The van der Waals surface area contributed by atoms with E-state index in [1.165, 1.54) is 9.91 Å². The highest BCUT2D eigenvalue weighted by atomic mass is 16.5. The summed E-state index contributed by atoms with van der Waals surface area (Å²) in [4.78, 5) is 27.2. The molecule has 0 N–H and O–H groups in total. The quantitative estimate of drug-likeness (QED) is 0.700. The summed E-state index contributed by atoms with van der Waals surface area (Å²) < 4.78 is 5.24. The molecule has 0 aromatic heterocycles. The van der Waals surface area contributed by atoms with Crippen LogP contribution in [0.4, 0.5) is 0 Å². The summed E-state index contributed by atoms with van der Waals surface area (Å²) >= 11 is 0. The van der Waals surface area contributed by atoms with Gasteiger partial charge < -0.3 is 9.64 Å². The summed E-state index contributed by atoms with van der Waals surface area (Å²) in [5.41, 5.74) is 2.68. The van der Waals surface area contributed by atoms with Crippen LogP contribution in [0.15, 0.2) is 59.7 Å². The second kappa shape index (κ2) is 9.33. The molecule has 3 rings (SSSR count). The number of amides is 2. The Morgan fingerprint density at radius 1 is 1.10 bits per heavy atom. The molecule has 6 heteroatoms. The van der Waals surface area contributed by atoms with Crippen LogP contribution < -0.4 is 4.74 Å². The molecule has 0 saturated carbocycles. The number of likely N-dealkylation sites (N-methyl/N-ethyl adjacent to an activating group) is 1. The number of nitrogens with zero attached hydrogens (tertiary/aromatic N) is 3. The SMILES string of the molecule is COc1ccc(C2=NN(C(=O)CN(C)C(=O)CC(C)(C)C)C(c3ccccc3)C2)cc1. The molecule has 2 amide bonds. The van der Waals surface area contributed by atoms with E-state index in [0.29, 0.717) is 12.8 Å². The third kappa shape index (κ3) is 5.72. The third-order valence-electron chi connectivity index (χ3n) is 5.25. The zero-order valence-electron chi connectivity index (χ0n) is 19.0. The van der Waals surface area contributed by atoms with Gasteiger partial charge >= 0.3 is 0 Å². The highest BCUT2D eigenvalue weighted by Crippen LogP contribution is 2.33. The van der Waals surface area contributed by atoms with E-state index >= 15 is 0 Å². The number of ether oxygens (including phenoxy) is 1. The van der Waals surface area contributed by atoms with Gasteiger partial charge in [0.25, 0.3) is 5.91 Å². The molecule has 1 atom stereocenters. The van der Waals surface area contributed by atoms with Crippen molar-refractivity contribution in [3.8, 4) is 5.75 Å². The Balaban J connectivity index is 1.82. The van der Waals surface area contributed by atoms with E-state index in [0.717, 1.165) is 22.6 Å². The van der Waals surface area contributed by atoms with Crippen LogP contribution in [0.2, 0.25) is 0 Å². The van der Waals surface area contributed by atoms with Crippen molar-refractivity contribution in [1.29, 1.82) is 0 Å². The molecule has 2 aromatic carbocycles. The zero-order chi connectivity index (χ0) is 22.6. The van der Waals surface area contributed by atoms with Crippen LogP contribution in [-0.4, -0.2) is 48.1 Å². The first-order valence-electron chi connectivity index (χ1n) is 10.5. The first-order valence-corrected chi connectivity index (χ1v) is 10.5. The lowest BCUT2D eigenvalue weighted by Crippen LogP contribution is -2.40. The van der Waals surface area contributed by atoms with Crippen molar-refractivity contribution in [2.75, 3.05) is 20.7 Å². The number of hydrogen-bond acceptors (Lipinski definition) is 4. The number of benzene rings is 2. The molecule has 31 heavy (non-hydrogen) atoms. The summed E-state index contributed by atoms with van der Waals surface area (Å²) in [5.74, 6) is 0.534. The average Bonchev–Trinajstić information content (AvgIpc) is 3.19. The van der Waals surface area contributed by atoms with Crippen molar-refractivity contribution in [1.82, 2.24) is 9.91 Å². The first kappa shape index (κ1) is 22.5. The molecule has 1 heterocycles. The lowest BCUT2D eigenvalue weighted by atomic mass is 9.92. The lowest BCUT2D eigenvalue weighted by molar-refractivity contribution is -0.141. The van der Waals surface area contributed by atoms with Gasteiger partial charge in [-0.2, -0.15) is 5.10 Å². The fraction of sp³-hybridized carbons (Fsp3) is 0.400. The molecule has 0 aliphatic carbocycles. The molecule has 0 saturated heterocycles. The summed E-state index contributed by atoms with van der Waals surface area (Å²) in [5, 5.41) is 6.22. The van der Waals surface area contributed by atoms with Gasteiger partial charge in [-0.25, -0.2) is 5.01 Å². The first-order chi connectivity index (χ1) is 14.7. The maximum atomic E-state index is 13.2. The molecule has 164 valence electrons. The van der Waals surface area contributed by atoms with Crippen molar-refractivity contribution in [2.24, 2.45) is 10.5 Å². The minimum Gasteiger partial charge on any atom is -0.497 e. The van der Waals surface area contributed by atoms with Crippen LogP contribution in [0.5, 0.6) is 5.75 Å². The van der Waals surface area contributed by atoms with E-state index in [-0.39, 0.29) is 29.8 Å². The molecule has 6 nitrogen and oxygen atoms in total. The molecule has 0 spiro atoms. The van der Waals surface area contributed by atoms with Gasteiger partial charge in [0.1, 0.15) is 12.3 Å².